The molecule has 1 N–H and O–H groups in total. The lowest BCUT2D eigenvalue weighted by Gasteiger charge is -2.27. The molecule has 0 spiro atoms. The summed E-state index contributed by atoms with van der Waals surface area (Å²) in [6.07, 6.45) is 4.34. The Bertz CT molecular complexity index is 517. The Labute approximate surface area is 123 Å². The molecule has 2 aromatic rings. The highest BCUT2D eigenvalue weighted by Crippen LogP contribution is 2.24. The van der Waals surface area contributed by atoms with Crippen molar-refractivity contribution in [1.82, 2.24) is 15.2 Å². The fourth-order valence-electron chi connectivity index (χ4n) is 2.75. The van der Waals surface area contributed by atoms with Crippen LogP contribution in [0.25, 0.3) is 10.8 Å². The average Bonchev–Trinajstić information content (AvgIpc) is 3.10. The number of furan rings is 1. The maximum absolute atomic E-state index is 5.39. The Morgan fingerprint density at radius 2 is 2.50 bits per heavy atom. The van der Waals surface area contributed by atoms with E-state index in [1.807, 2.05) is 12.1 Å². The molecule has 20 heavy (non-hydrogen) atoms. The third-order valence-corrected chi connectivity index (χ3v) is 4.59. The van der Waals surface area contributed by atoms with Gasteiger partial charge in [-0.1, -0.05) is 0 Å². The fraction of sp³-hybridized carbons (Fsp3) is 0.533. The van der Waals surface area contributed by atoms with Crippen molar-refractivity contribution in [1.29, 1.82) is 0 Å². The Balaban J connectivity index is 1.54. The van der Waals surface area contributed by atoms with Crippen LogP contribution < -0.4 is 5.32 Å². The van der Waals surface area contributed by atoms with Gasteiger partial charge in [0.2, 0.25) is 0 Å². The molecule has 0 amide bonds. The molecule has 4 nitrogen and oxygen atoms in total. The van der Waals surface area contributed by atoms with E-state index in [4.69, 9.17) is 4.42 Å². The van der Waals surface area contributed by atoms with Crippen LogP contribution >= 0.6 is 11.3 Å². The SMILES string of the molecule is CN(Cc1csc(-c2ccco2)n1)CC1CCCNC1. The first-order valence-corrected chi connectivity index (χ1v) is 8.07. The summed E-state index contributed by atoms with van der Waals surface area (Å²) >= 11 is 1.65. The van der Waals surface area contributed by atoms with Gasteiger partial charge in [0.15, 0.2) is 10.8 Å². The summed E-state index contributed by atoms with van der Waals surface area (Å²) in [4.78, 5) is 7.03. The Morgan fingerprint density at radius 1 is 1.55 bits per heavy atom. The van der Waals surface area contributed by atoms with Gasteiger partial charge in [-0.3, -0.25) is 0 Å². The average molecular weight is 291 g/mol. The van der Waals surface area contributed by atoms with E-state index in [0.717, 1.165) is 42.0 Å². The number of aromatic nitrogens is 1. The van der Waals surface area contributed by atoms with Crippen molar-refractivity contribution in [2.24, 2.45) is 5.92 Å². The van der Waals surface area contributed by atoms with E-state index in [-0.39, 0.29) is 0 Å². The zero-order valence-electron chi connectivity index (χ0n) is 11.8. The molecule has 5 heteroatoms. The van der Waals surface area contributed by atoms with Gasteiger partial charge in [-0.2, -0.15) is 0 Å². The molecule has 3 rings (SSSR count). The first kappa shape index (κ1) is 13.8. The number of nitrogens with zero attached hydrogens (tertiary/aromatic N) is 2. The number of hydrogen-bond donors (Lipinski definition) is 1. The molecule has 1 aliphatic rings. The second-order valence-corrected chi connectivity index (χ2v) is 6.39. The minimum Gasteiger partial charge on any atom is -0.462 e. The predicted molar refractivity (Wildman–Crippen MR) is 81.7 cm³/mol. The third kappa shape index (κ3) is 3.48. The molecule has 3 heterocycles. The van der Waals surface area contributed by atoms with Crippen LogP contribution in [0.4, 0.5) is 0 Å². The van der Waals surface area contributed by atoms with Crippen molar-refractivity contribution >= 4 is 11.3 Å². The molecule has 1 saturated heterocycles. The molecule has 0 aromatic carbocycles. The van der Waals surface area contributed by atoms with Crippen molar-refractivity contribution in [2.75, 3.05) is 26.7 Å². The molecule has 1 atom stereocenters. The van der Waals surface area contributed by atoms with Gasteiger partial charge in [0.1, 0.15) is 0 Å². The standard InChI is InChI=1S/C15H21N3OS/c1-18(9-12-4-2-6-16-8-12)10-13-11-20-15(17-13)14-5-3-7-19-14/h3,5,7,11-12,16H,2,4,6,8-10H2,1H3. The van der Waals surface area contributed by atoms with Gasteiger partial charge in [0, 0.05) is 18.5 Å². The van der Waals surface area contributed by atoms with Crippen molar-refractivity contribution in [2.45, 2.75) is 19.4 Å². The van der Waals surface area contributed by atoms with E-state index in [1.54, 1.807) is 17.6 Å². The van der Waals surface area contributed by atoms with Crippen molar-refractivity contribution in [3.05, 3.63) is 29.5 Å². The van der Waals surface area contributed by atoms with E-state index in [1.165, 1.54) is 19.4 Å². The van der Waals surface area contributed by atoms with Gasteiger partial charge in [0.25, 0.3) is 0 Å². The van der Waals surface area contributed by atoms with E-state index in [2.05, 4.69) is 27.6 Å². The molecule has 0 radical (unpaired) electrons. The van der Waals surface area contributed by atoms with Crippen LogP contribution in [0, 0.1) is 5.92 Å². The molecule has 108 valence electrons. The molecule has 1 aliphatic heterocycles. The van der Waals surface area contributed by atoms with E-state index < -0.39 is 0 Å². The minimum absolute atomic E-state index is 0.775. The summed E-state index contributed by atoms with van der Waals surface area (Å²) in [6.45, 7) is 4.38. The van der Waals surface area contributed by atoms with Gasteiger partial charge < -0.3 is 14.6 Å². The van der Waals surface area contributed by atoms with Crippen LogP contribution in [-0.2, 0) is 6.54 Å². The highest BCUT2D eigenvalue weighted by atomic mass is 32.1. The number of thiazole rings is 1. The van der Waals surface area contributed by atoms with Crippen LogP contribution in [0.5, 0.6) is 0 Å². The highest BCUT2D eigenvalue weighted by molar-refractivity contribution is 7.13. The molecule has 2 aromatic heterocycles. The second kappa shape index (κ2) is 6.52. The lowest BCUT2D eigenvalue weighted by Crippen LogP contribution is -2.36. The lowest BCUT2D eigenvalue weighted by molar-refractivity contribution is 0.236. The van der Waals surface area contributed by atoms with Gasteiger partial charge in [-0.05, 0) is 51.0 Å². The van der Waals surface area contributed by atoms with Crippen LogP contribution in [-0.4, -0.2) is 36.6 Å². The maximum Gasteiger partial charge on any atom is 0.162 e. The van der Waals surface area contributed by atoms with Crippen LogP contribution in [0.2, 0.25) is 0 Å². The van der Waals surface area contributed by atoms with Crippen molar-refractivity contribution < 1.29 is 4.42 Å². The molecular formula is C15H21N3OS. The van der Waals surface area contributed by atoms with Crippen molar-refractivity contribution in [3.63, 3.8) is 0 Å². The van der Waals surface area contributed by atoms with Gasteiger partial charge in [-0.25, -0.2) is 4.98 Å². The zero-order valence-corrected chi connectivity index (χ0v) is 12.7. The van der Waals surface area contributed by atoms with Crippen LogP contribution in [0.15, 0.2) is 28.2 Å². The summed E-state index contributed by atoms with van der Waals surface area (Å²) < 4.78 is 5.39. The Morgan fingerprint density at radius 3 is 3.25 bits per heavy atom. The second-order valence-electron chi connectivity index (χ2n) is 5.53. The minimum atomic E-state index is 0.775. The molecule has 1 unspecified atom stereocenters. The Kier molecular flexibility index (Phi) is 4.50. The predicted octanol–water partition coefficient (Wildman–Crippen LogP) is 2.83. The van der Waals surface area contributed by atoms with E-state index in [9.17, 15) is 0 Å². The third-order valence-electron chi connectivity index (χ3n) is 3.68. The van der Waals surface area contributed by atoms with Gasteiger partial charge >= 0.3 is 0 Å². The smallest absolute Gasteiger partial charge is 0.162 e. The quantitative estimate of drug-likeness (QED) is 0.920. The van der Waals surface area contributed by atoms with Crippen molar-refractivity contribution in [3.8, 4) is 10.8 Å². The van der Waals surface area contributed by atoms with E-state index in [0.29, 0.717) is 0 Å². The summed E-state index contributed by atoms with van der Waals surface area (Å²) in [7, 11) is 2.18. The normalized spacial score (nSPS) is 19.6. The number of nitrogens with one attached hydrogen (secondary N) is 1. The lowest BCUT2D eigenvalue weighted by atomic mass is 9.99. The number of rotatable bonds is 5. The molecule has 0 bridgehead atoms. The number of hydrogen-bond acceptors (Lipinski definition) is 5. The van der Waals surface area contributed by atoms with E-state index >= 15 is 0 Å². The first-order chi connectivity index (χ1) is 9.81. The fourth-order valence-corrected chi connectivity index (χ4v) is 3.53. The first-order valence-electron chi connectivity index (χ1n) is 7.19. The Hall–Kier alpha value is -1.17. The maximum atomic E-state index is 5.39. The summed E-state index contributed by atoms with van der Waals surface area (Å²) in [6, 6.07) is 3.86. The monoisotopic (exact) mass is 291 g/mol. The summed E-state index contributed by atoms with van der Waals surface area (Å²) in [5.41, 5.74) is 1.13. The molecule has 1 fully saturated rings. The zero-order chi connectivity index (χ0) is 13.8. The molecule has 0 aliphatic carbocycles. The summed E-state index contributed by atoms with van der Waals surface area (Å²) in [5.74, 6) is 1.64. The highest BCUT2D eigenvalue weighted by Gasteiger charge is 2.16. The van der Waals surface area contributed by atoms with Crippen LogP contribution in [0.1, 0.15) is 18.5 Å². The summed E-state index contributed by atoms with van der Waals surface area (Å²) in [5, 5.41) is 6.58. The van der Waals surface area contributed by atoms with Gasteiger partial charge in [-0.15, -0.1) is 11.3 Å². The largest absolute Gasteiger partial charge is 0.462 e. The topological polar surface area (TPSA) is 41.3 Å². The molecular weight excluding hydrogens is 270 g/mol. The number of piperidine rings is 1. The van der Waals surface area contributed by atoms with Gasteiger partial charge in [0.05, 0.1) is 12.0 Å². The molecule has 0 saturated carbocycles. The van der Waals surface area contributed by atoms with Crippen LogP contribution in [0.3, 0.4) is 0 Å².